The fourth-order valence-corrected chi connectivity index (χ4v) is 2.75. The van der Waals surface area contributed by atoms with Gasteiger partial charge in [0.2, 0.25) is 20.0 Å². The first kappa shape index (κ1) is 21.1. The van der Waals surface area contributed by atoms with Crippen LogP contribution in [0.2, 0.25) is 0 Å². The maximum Gasteiger partial charge on any atom is 0.238 e. The summed E-state index contributed by atoms with van der Waals surface area (Å²) in [6.07, 6.45) is 0. The summed E-state index contributed by atoms with van der Waals surface area (Å²) in [5.41, 5.74) is 5.84. The van der Waals surface area contributed by atoms with Crippen molar-refractivity contribution in [3.63, 3.8) is 0 Å². The Morgan fingerprint density at radius 1 is 0.962 bits per heavy atom. The highest BCUT2D eigenvalue weighted by atomic mass is 32.2. The first-order valence-corrected chi connectivity index (χ1v) is 9.72. The number of nitrogens with two attached hydrogens (primary N) is 3. The Morgan fingerprint density at radius 3 is 1.92 bits per heavy atom. The van der Waals surface area contributed by atoms with Crippen LogP contribution in [0.15, 0.2) is 63.5 Å². The largest absolute Gasteiger partial charge is 0.409 e. The highest BCUT2D eigenvalue weighted by molar-refractivity contribution is 7.89. The van der Waals surface area contributed by atoms with Crippen molar-refractivity contribution in [2.24, 2.45) is 21.2 Å². The molecule has 10 nitrogen and oxygen atoms in total. The lowest BCUT2D eigenvalue weighted by molar-refractivity contribution is 0.318. The summed E-state index contributed by atoms with van der Waals surface area (Å²) < 4.78 is 43.4. The van der Waals surface area contributed by atoms with E-state index in [-0.39, 0.29) is 21.2 Å². The zero-order valence-electron chi connectivity index (χ0n) is 13.1. The van der Waals surface area contributed by atoms with E-state index in [4.69, 9.17) is 26.5 Å². The first-order chi connectivity index (χ1) is 12.0. The molecule has 0 saturated carbocycles. The van der Waals surface area contributed by atoms with Crippen molar-refractivity contribution < 1.29 is 22.0 Å². The summed E-state index contributed by atoms with van der Waals surface area (Å²) in [5.74, 6) is -0.171. The fraction of sp³-hybridized carbons (Fsp3) is 0. The number of hydrogen-bond acceptors (Lipinski definition) is 7. The monoisotopic (exact) mass is 397 g/mol. The van der Waals surface area contributed by atoms with Gasteiger partial charge < -0.3 is 10.9 Å². The van der Waals surface area contributed by atoms with Gasteiger partial charge in [0.05, 0.1) is 21.4 Å². The van der Waals surface area contributed by atoms with Crippen LogP contribution in [0, 0.1) is 11.3 Å². The number of benzene rings is 2. The molecule has 0 aliphatic heterocycles. The van der Waals surface area contributed by atoms with E-state index < -0.39 is 20.0 Å². The normalized spacial score (nSPS) is 11.8. The fourth-order valence-electron chi connectivity index (χ4n) is 1.63. The Balaban J connectivity index is 0.000000263. The molecular formula is C14H15N5O5S2. The second-order valence-electron chi connectivity index (χ2n) is 4.74. The van der Waals surface area contributed by atoms with Crippen molar-refractivity contribution in [2.75, 3.05) is 0 Å². The van der Waals surface area contributed by atoms with E-state index in [9.17, 15) is 16.8 Å². The van der Waals surface area contributed by atoms with Crippen LogP contribution in [-0.2, 0) is 20.0 Å². The summed E-state index contributed by atoms with van der Waals surface area (Å²) in [5, 5.41) is 29.3. The van der Waals surface area contributed by atoms with Crippen LogP contribution in [-0.4, -0.2) is 27.9 Å². The number of amidine groups is 1. The van der Waals surface area contributed by atoms with Gasteiger partial charge >= 0.3 is 0 Å². The highest BCUT2D eigenvalue weighted by Gasteiger charge is 2.09. The summed E-state index contributed by atoms with van der Waals surface area (Å²) in [6.45, 7) is 0. The third-order valence-electron chi connectivity index (χ3n) is 2.86. The van der Waals surface area contributed by atoms with Crippen LogP contribution in [0.4, 0.5) is 0 Å². The Labute approximate surface area is 150 Å². The lowest BCUT2D eigenvalue weighted by Crippen LogP contribution is -2.16. The van der Waals surface area contributed by atoms with Crippen molar-refractivity contribution in [1.29, 1.82) is 5.26 Å². The first-order valence-electron chi connectivity index (χ1n) is 6.62. The van der Waals surface area contributed by atoms with E-state index in [0.29, 0.717) is 5.56 Å². The lowest BCUT2D eigenvalue weighted by atomic mass is 10.2. The van der Waals surface area contributed by atoms with Gasteiger partial charge in [-0.05, 0) is 30.3 Å². The smallest absolute Gasteiger partial charge is 0.238 e. The topological polar surface area (TPSA) is 203 Å². The molecule has 2 aromatic rings. The minimum atomic E-state index is -3.76. The van der Waals surface area contributed by atoms with Crippen LogP contribution in [0.25, 0.3) is 0 Å². The number of primary sulfonamides is 2. The lowest BCUT2D eigenvalue weighted by Gasteiger charge is -2.01. The Morgan fingerprint density at radius 2 is 1.46 bits per heavy atom. The molecule has 26 heavy (non-hydrogen) atoms. The number of nitriles is 1. The molecule has 0 amide bonds. The Kier molecular flexibility index (Phi) is 6.81. The van der Waals surface area contributed by atoms with E-state index in [1.165, 1.54) is 48.5 Å². The average Bonchev–Trinajstić information content (AvgIpc) is 2.60. The van der Waals surface area contributed by atoms with Gasteiger partial charge in [0, 0.05) is 5.56 Å². The third-order valence-corrected chi connectivity index (χ3v) is 4.68. The quantitative estimate of drug-likeness (QED) is 0.234. The van der Waals surface area contributed by atoms with Gasteiger partial charge in [0.15, 0.2) is 5.84 Å². The number of rotatable bonds is 3. The molecule has 2 rings (SSSR count). The number of oxime groups is 1. The standard InChI is InChI=1S/C7H9N3O3S.C7H6N2O2S/c8-7(10-11)5-2-1-3-6(4-5)14(9,12)13;8-5-6-2-1-3-7(4-6)12(9,10)11/h1-4,11H,(H2,8,10)(H2,9,12,13);1-4H,(H2,9,10,11). The Bertz CT molecular complexity index is 1070. The van der Waals surface area contributed by atoms with Gasteiger partial charge in [-0.15, -0.1) is 0 Å². The average molecular weight is 397 g/mol. The molecular weight excluding hydrogens is 382 g/mol. The van der Waals surface area contributed by atoms with E-state index in [0.717, 1.165) is 0 Å². The summed E-state index contributed by atoms with van der Waals surface area (Å²) >= 11 is 0. The van der Waals surface area contributed by atoms with Gasteiger partial charge in [0.25, 0.3) is 0 Å². The molecule has 138 valence electrons. The molecule has 0 heterocycles. The van der Waals surface area contributed by atoms with Crippen molar-refractivity contribution in [1.82, 2.24) is 0 Å². The van der Waals surface area contributed by atoms with Crippen molar-refractivity contribution in [2.45, 2.75) is 9.79 Å². The van der Waals surface area contributed by atoms with E-state index in [2.05, 4.69) is 5.16 Å². The molecule has 0 bridgehead atoms. The highest BCUT2D eigenvalue weighted by Crippen LogP contribution is 2.09. The second-order valence-corrected chi connectivity index (χ2v) is 7.87. The molecule has 0 aliphatic rings. The van der Waals surface area contributed by atoms with Gasteiger partial charge in [-0.1, -0.05) is 23.4 Å². The molecule has 7 N–H and O–H groups in total. The zero-order chi connectivity index (χ0) is 20.0. The molecule has 0 saturated heterocycles. The second kappa shape index (κ2) is 8.41. The van der Waals surface area contributed by atoms with E-state index in [1.54, 1.807) is 0 Å². The van der Waals surface area contributed by atoms with E-state index in [1.807, 2.05) is 6.07 Å². The third kappa shape index (κ3) is 6.15. The number of sulfonamides is 2. The minimum absolute atomic E-state index is 0.0402. The van der Waals surface area contributed by atoms with Crippen LogP contribution in [0.3, 0.4) is 0 Å². The van der Waals surface area contributed by atoms with Crippen LogP contribution >= 0.6 is 0 Å². The van der Waals surface area contributed by atoms with Crippen molar-refractivity contribution in [3.05, 3.63) is 59.7 Å². The van der Waals surface area contributed by atoms with Gasteiger partial charge in [-0.2, -0.15) is 5.26 Å². The molecule has 0 radical (unpaired) electrons. The predicted molar refractivity (Wildman–Crippen MR) is 92.9 cm³/mol. The molecule has 0 fully saturated rings. The van der Waals surface area contributed by atoms with Crippen LogP contribution in [0.1, 0.15) is 11.1 Å². The molecule has 0 unspecified atom stereocenters. The molecule has 0 spiro atoms. The zero-order valence-corrected chi connectivity index (χ0v) is 14.8. The molecule has 0 aliphatic carbocycles. The molecule has 0 aromatic heterocycles. The molecule has 12 heteroatoms. The summed E-state index contributed by atoms with van der Waals surface area (Å²) in [4.78, 5) is -0.122. The number of nitrogens with zero attached hydrogens (tertiary/aromatic N) is 2. The minimum Gasteiger partial charge on any atom is -0.409 e. The maximum absolute atomic E-state index is 10.9. The van der Waals surface area contributed by atoms with Crippen molar-refractivity contribution >= 4 is 25.9 Å². The van der Waals surface area contributed by atoms with Gasteiger partial charge in [0.1, 0.15) is 0 Å². The number of hydrogen-bond donors (Lipinski definition) is 4. The van der Waals surface area contributed by atoms with Crippen molar-refractivity contribution in [3.8, 4) is 6.07 Å². The Hall–Kier alpha value is -2.98. The van der Waals surface area contributed by atoms with Gasteiger partial charge in [-0.3, -0.25) is 0 Å². The SMILES string of the molecule is N#Cc1cccc(S(N)(=O)=O)c1.NC(=NO)c1cccc(S(N)(=O)=O)c1. The molecule has 0 atom stereocenters. The summed E-state index contributed by atoms with van der Waals surface area (Å²) in [6, 6.07) is 12.9. The summed E-state index contributed by atoms with van der Waals surface area (Å²) in [7, 11) is -7.45. The van der Waals surface area contributed by atoms with Crippen LogP contribution < -0.4 is 16.0 Å². The van der Waals surface area contributed by atoms with E-state index >= 15 is 0 Å². The predicted octanol–water partition coefficient (Wildman–Crippen LogP) is -0.366. The maximum atomic E-state index is 10.9. The van der Waals surface area contributed by atoms with Gasteiger partial charge in [-0.25, -0.2) is 27.1 Å². The molecule has 2 aromatic carbocycles. The van der Waals surface area contributed by atoms with Crippen LogP contribution in [0.5, 0.6) is 0 Å².